The average molecular weight is 287 g/mol. The molecule has 1 unspecified atom stereocenters. The van der Waals surface area contributed by atoms with E-state index in [-0.39, 0.29) is 23.3 Å². The molecule has 1 fully saturated rings. The lowest BCUT2D eigenvalue weighted by molar-refractivity contribution is 0.0656. The van der Waals surface area contributed by atoms with Crippen LogP contribution in [0.1, 0.15) is 35.7 Å². The number of carbonyl (C=O) groups is 1. The molecule has 19 heavy (non-hydrogen) atoms. The molecule has 0 aliphatic carbocycles. The molecule has 0 bridgehead atoms. The highest BCUT2D eigenvalue weighted by molar-refractivity contribution is 7.91. The molecule has 1 aromatic rings. The van der Waals surface area contributed by atoms with Gasteiger partial charge in [0.05, 0.1) is 17.5 Å². The molecule has 1 saturated heterocycles. The lowest BCUT2D eigenvalue weighted by atomic mass is 10.2. The summed E-state index contributed by atoms with van der Waals surface area (Å²) in [6.07, 6.45) is 0.596. The van der Waals surface area contributed by atoms with Gasteiger partial charge in [-0.2, -0.15) is 0 Å². The minimum absolute atomic E-state index is 0.0932. The van der Waals surface area contributed by atoms with Gasteiger partial charge in [0.2, 0.25) is 5.76 Å². The second-order valence-electron chi connectivity index (χ2n) is 4.72. The zero-order valence-corrected chi connectivity index (χ0v) is 11.5. The maximum Gasteiger partial charge on any atom is 0.371 e. The summed E-state index contributed by atoms with van der Waals surface area (Å²) in [6, 6.07) is 2.93. The first-order valence-electron chi connectivity index (χ1n) is 6.16. The Morgan fingerprint density at radius 2 is 2.11 bits per heavy atom. The molecule has 0 aromatic carbocycles. The number of furan rings is 1. The minimum atomic E-state index is -2.94. The first-order valence-corrected chi connectivity index (χ1v) is 7.99. The molecule has 6 nitrogen and oxygen atoms in total. The van der Waals surface area contributed by atoms with E-state index >= 15 is 0 Å². The van der Waals surface area contributed by atoms with Crippen LogP contribution in [0, 0.1) is 0 Å². The normalized spacial score (nSPS) is 21.7. The topological polar surface area (TPSA) is 87.8 Å². The van der Waals surface area contributed by atoms with Crippen LogP contribution in [0.25, 0.3) is 0 Å². The van der Waals surface area contributed by atoms with Crippen LogP contribution in [-0.4, -0.2) is 49.0 Å². The highest BCUT2D eigenvalue weighted by atomic mass is 32.2. The van der Waals surface area contributed by atoms with Gasteiger partial charge < -0.3 is 9.52 Å². The van der Waals surface area contributed by atoms with Gasteiger partial charge in [0.1, 0.15) is 5.76 Å². The van der Waals surface area contributed by atoms with Crippen molar-refractivity contribution >= 4 is 15.8 Å². The van der Waals surface area contributed by atoms with E-state index in [1.165, 1.54) is 6.07 Å². The largest absolute Gasteiger partial charge is 0.475 e. The SMILES string of the molecule is CC(c1ccc(C(=O)O)o1)N1CCCS(=O)(=O)CC1. The lowest BCUT2D eigenvalue weighted by Crippen LogP contribution is -2.29. The molecule has 1 aromatic heterocycles. The summed E-state index contributed by atoms with van der Waals surface area (Å²) >= 11 is 0. The van der Waals surface area contributed by atoms with Crippen LogP contribution < -0.4 is 0 Å². The molecule has 106 valence electrons. The van der Waals surface area contributed by atoms with E-state index in [2.05, 4.69) is 0 Å². The van der Waals surface area contributed by atoms with Crippen LogP contribution in [0.4, 0.5) is 0 Å². The Balaban J connectivity index is 2.10. The Kier molecular flexibility index (Phi) is 3.96. The van der Waals surface area contributed by atoms with Crippen molar-refractivity contribution in [3.63, 3.8) is 0 Å². The van der Waals surface area contributed by atoms with Crippen molar-refractivity contribution in [3.8, 4) is 0 Å². The smallest absolute Gasteiger partial charge is 0.371 e. The third kappa shape index (κ3) is 3.36. The van der Waals surface area contributed by atoms with Crippen molar-refractivity contribution in [2.24, 2.45) is 0 Å². The Labute approximate surface area is 111 Å². The average Bonchev–Trinajstić information content (AvgIpc) is 2.75. The molecule has 1 atom stereocenters. The highest BCUT2D eigenvalue weighted by Crippen LogP contribution is 2.24. The zero-order chi connectivity index (χ0) is 14.0. The van der Waals surface area contributed by atoms with Crippen LogP contribution in [0.3, 0.4) is 0 Å². The zero-order valence-electron chi connectivity index (χ0n) is 10.7. The van der Waals surface area contributed by atoms with Gasteiger partial charge in [-0.05, 0) is 32.0 Å². The summed E-state index contributed by atoms with van der Waals surface area (Å²) in [5.74, 6) is -0.281. The van der Waals surface area contributed by atoms with E-state index in [4.69, 9.17) is 9.52 Å². The maximum atomic E-state index is 11.5. The Morgan fingerprint density at radius 3 is 2.74 bits per heavy atom. The van der Waals surface area contributed by atoms with Gasteiger partial charge in [0, 0.05) is 6.54 Å². The van der Waals surface area contributed by atoms with Crippen molar-refractivity contribution in [2.45, 2.75) is 19.4 Å². The van der Waals surface area contributed by atoms with Crippen LogP contribution in [0.2, 0.25) is 0 Å². The summed E-state index contributed by atoms with van der Waals surface area (Å²) in [5.41, 5.74) is 0. The van der Waals surface area contributed by atoms with E-state index in [9.17, 15) is 13.2 Å². The number of aromatic carboxylic acids is 1. The first kappa shape index (κ1) is 14.1. The van der Waals surface area contributed by atoms with Gasteiger partial charge in [-0.25, -0.2) is 13.2 Å². The lowest BCUT2D eigenvalue weighted by Gasteiger charge is -2.25. The second kappa shape index (κ2) is 5.34. The minimum Gasteiger partial charge on any atom is -0.475 e. The number of hydrogen-bond donors (Lipinski definition) is 1. The quantitative estimate of drug-likeness (QED) is 0.897. The van der Waals surface area contributed by atoms with Crippen molar-refractivity contribution < 1.29 is 22.7 Å². The molecule has 0 spiro atoms. The van der Waals surface area contributed by atoms with Crippen molar-refractivity contribution in [1.29, 1.82) is 0 Å². The predicted octanol–water partition coefficient (Wildman–Crippen LogP) is 1.16. The van der Waals surface area contributed by atoms with E-state index in [1.54, 1.807) is 6.07 Å². The number of sulfone groups is 1. The van der Waals surface area contributed by atoms with Gasteiger partial charge >= 0.3 is 5.97 Å². The fourth-order valence-corrected chi connectivity index (χ4v) is 3.50. The first-order chi connectivity index (χ1) is 8.89. The van der Waals surface area contributed by atoms with E-state index in [1.807, 2.05) is 11.8 Å². The summed E-state index contributed by atoms with van der Waals surface area (Å²) in [7, 11) is -2.94. The number of rotatable bonds is 3. The molecule has 1 aliphatic rings. The van der Waals surface area contributed by atoms with Crippen LogP contribution in [0.5, 0.6) is 0 Å². The Bertz CT molecular complexity index is 562. The van der Waals surface area contributed by atoms with E-state index in [0.717, 1.165) is 0 Å². The van der Waals surface area contributed by atoms with Gasteiger partial charge in [0.15, 0.2) is 9.84 Å². The van der Waals surface area contributed by atoms with Gasteiger partial charge in [0.25, 0.3) is 0 Å². The van der Waals surface area contributed by atoms with Crippen molar-refractivity contribution in [1.82, 2.24) is 4.90 Å². The Morgan fingerprint density at radius 1 is 1.37 bits per heavy atom. The maximum absolute atomic E-state index is 11.5. The van der Waals surface area contributed by atoms with Crippen LogP contribution >= 0.6 is 0 Å². The number of nitrogens with zero attached hydrogens (tertiary/aromatic N) is 1. The summed E-state index contributed by atoms with van der Waals surface area (Å²) in [5, 5.41) is 8.82. The number of hydrogen-bond acceptors (Lipinski definition) is 5. The van der Waals surface area contributed by atoms with Crippen molar-refractivity contribution in [2.75, 3.05) is 24.6 Å². The van der Waals surface area contributed by atoms with Crippen LogP contribution in [0.15, 0.2) is 16.5 Å². The molecule has 0 amide bonds. The van der Waals surface area contributed by atoms with Crippen molar-refractivity contribution in [3.05, 3.63) is 23.7 Å². The van der Waals surface area contributed by atoms with Gasteiger partial charge in [-0.1, -0.05) is 0 Å². The predicted molar refractivity (Wildman–Crippen MR) is 68.9 cm³/mol. The molecular weight excluding hydrogens is 270 g/mol. The third-order valence-electron chi connectivity index (χ3n) is 3.39. The third-order valence-corrected chi connectivity index (χ3v) is 5.10. The molecule has 2 rings (SSSR count). The van der Waals surface area contributed by atoms with Crippen LogP contribution in [-0.2, 0) is 9.84 Å². The standard InChI is InChI=1S/C12H17NO5S/c1-9(10-3-4-11(18-10)12(14)15)13-5-2-7-19(16,17)8-6-13/h3-4,9H,2,5-8H2,1H3,(H,14,15). The summed E-state index contributed by atoms with van der Waals surface area (Å²) in [6.45, 7) is 3.01. The highest BCUT2D eigenvalue weighted by Gasteiger charge is 2.25. The fraction of sp³-hybridized carbons (Fsp3) is 0.583. The second-order valence-corrected chi connectivity index (χ2v) is 7.03. The van der Waals surface area contributed by atoms with Gasteiger partial charge in [-0.15, -0.1) is 0 Å². The number of carboxylic acid groups (broad SMARTS) is 1. The monoisotopic (exact) mass is 287 g/mol. The number of carboxylic acids is 1. The Hall–Kier alpha value is -1.34. The molecule has 0 radical (unpaired) electrons. The molecule has 2 heterocycles. The molecule has 0 saturated carbocycles. The summed E-state index contributed by atoms with van der Waals surface area (Å²) < 4.78 is 28.3. The molecule has 7 heteroatoms. The molecular formula is C12H17NO5S. The summed E-state index contributed by atoms with van der Waals surface area (Å²) in [4.78, 5) is 12.8. The van der Waals surface area contributed by atoms with E-state index in [0.29, 0.717) is 25.3 Å². The fourth-order valence-electron chi connectivity index (χ4n) is 2.22. The molecule has 1 N–H and O–H groups in total. The van der Waals surface area contributed by atoms with Gasteiger partial charge in [-0.3, -0.25) is 4.90 Å². The molecule has 1 aliphatic heterocycles. The van der Waals surface area contributed by atoms with E-state index < -0.39 is 15.8 Å².